The Morgan fingerprint density at radius 3 is 2.85 bits per heavy atom. The lowest BCUT2D eigenvalue weighted by Crippen LogP contribution is -2.35. The van der Waals surface area contributed by atoms with Crippen LogP contribution in [-0.4, -0.2) is 27.0 Å². The first-order valence-corrected chi connectivity index (χ1v) is 9.46. The molecular formula is C20H18N4OS. The summed E-state index contributed by atoms with van der Waals surface area (Å²) in [5, 5.41) is 18.0. The zero-order valence-corrected chi connectivity index (χ0v) is 15.2. The van der Waals surface area contributed by atoms with Gasteiger partial charge in [0.15, 0.2) is 5.84 Å². The number of hydrazone groups is 1. The minimum atomic E-state index is -0.381. The van der Waals surface area contributed by atoms with E-state index in [4.69, 9.17) is 5.41 Å². The Bertz CT molecular complexity index is 1000. The van der Waals surface area contributed by atoms with Gasteiger partial charge in [0, 0.05) is 0 Å². The summed E-state index contributed by atoms with van der Waals surface area (Å²) in [4.78, 5) is 16.7. The van der Waals surface area contributed by atoms with Crippen LogP contribution in [0.15, 0.2) is 58.1 Å². The molecule has 2 aliphatic rings. The Morgan fingerprint density at radius 2 is 2.00 bits per heavy atom. The standard InChI is InChI=1S/C20H18N4OS/c1-2-3-11-17-23-24-18(21)16(19(25)22-20(24)26-17)12-14-9-6-8-13-7-4-5-10-15(13)14/h4-10,12,21H,2-3,11H2,1H3/b16-12+,21-18?. The zero-order chi connectivity index (χ0) is 18.1. The second-order valence-electron chi connectivity index (χ2n) is 6.19. The number of nitrogens with zero attached hydrogens (tertiary/aromatic N) is 3. The predicted octanol–water partition coefficient (Wildman–Crippen LogP) is 4.65. The highest BCUT2D eigenvalue weighted by atomic mass is 32.2. The molecule has 0 bridgehead atoms. The van der Waals surface area contributed by atoms with Crippen LogP contribution in [0.5, 0.6) is 0 Å². The Morgan fingerprint density at radius 1 is 1.19 bits per heavy atom. The minimum absolute atomic E-state index is 0.0898. The van der Waals surface area contributed by atoms with E-state index in [0.29, 0.717) is 5.17 Å². The maximum atomic E-state index is 12.5. The minimum Gasteiger partial charge on any atom is -0.282 e. The molecule has 4 rings (SSSR count). The lowest BCUT2D eigenvalue weighted by molar-refractivity contribution is -0.114. The van der Waals surface area contributed by atoms with Gasteiger partial charge in [0.2, 0.25) is 5.17 Å². The van der Waals surface area contributed by atoms with Crippen LogP contribution in [-0.2, 0) is 4.79 Å². The van der Waals surface area contributed by atoms with Crippen LogP contribution in [0.2, 0.25) is 0 Å². The Kier molecular flexibility index (Phi) is 4.42. The number of rotatable bonds is 4. The average molecular weight is 362 g/mol. The SMILES string of the molecule is CCCCC1=NN2C(=N)/C(=C\c3cccc4ccccc34)C(=O)N=C2S1. The summed E-state index contributed by atoms with van der Waals surface area (Å²) in [5.41, 5.74) is 1.17. The number of amidine groups is 2. The van der Waals surface area contributed by atoms with Gasteiger partial charge in [-0.1, -0.05) is 55.8 Å². The van der Waals surface area contributed by atoms with Gasteiger partial charge in [0.25, 0.3) is 5.91 Å². The van der Waals surface area contributed by atoms with Gasteiger partial charge in [0.05, 0.1) is 5.57 Å². The molecule has 1 amide bonds. The van der Waals surface area contributed by atoms with Crippen molar-refractivity contribution in [3.63, 3.8) is 0 Å². The average Bonchev–Trinajstić information content (AvgIpc) is 3.06. The van der Waals surface area contributed by atoms with Gasteiger partial charge in [-0.3, -0.25) is 10.2 Å². The molecule has 26 heavy (non-hydrogen) atoms. The smallest absolute Gasteiger partial charge is 0.282 e. The quantitative estimate of drug-likeness (QED) is 0.805. The van der Waals surface area contributed by atoms with Crippen molar-refractivity contribution >= 4 is 50.6 Å². The van der Waals surface area contributed by atoms with E-state index in [1.165, 1.54) is 16.8 Å². The van der Waals surface area contributed by atoms with Gasteiger partial charge < -0.3 is 0 Å². The number of unbranched alkanes of at least 4 members (excludes halogenated alkanes) is 1. The molecule has 2 aliphatic heterocycles. The molecule has 0 saturated heterocycles. The van der Waals surface area contributed by atoms with Crippen LogP contribution in [0, 0.1) is 5.41 Å². The van der Waals surface area contributed by atoms with Gasteiger partial charge >= 0.3 is 0 Å². The fourth-order valence-electron chi connectivity index (χ4n) is 2.99. The topological polar surface area (TPSA) is 68.9 Å². The second kappa shape index (κ2) is 6.88. The first kappa shape index (κ1) is 16.7. The summed E-state index contributed by atoms with van der Waals surface area (Å²) in [6.07, 6.45) is 4.71. The number of carbonyl (C=O) groups excluding carboxylic acids is 1. The fourth-order valence-corrected chi connectivity index (χ4v) is 3.92. The van der Waals surface area contributed by atoms with Crippen molar-refractivity contribution in [3.8, 4) is 0 Å². The van der Waals surface area contributed by atoms with Crippen LogP contribution in [0.25, 0.3) is 16.8 Å². The molecule has 0 radical (unpaired) electrons. The predicted molar refractivity (Wildman–Crippen MR) is 108 cm³/mol. The molecule has 2 aromatic carbocycles. The number of nitrogens with one attached hydrogen (secondary N) is 1. The molecule has 0 fully saturated rings. The van der Waals surface area contributed by atoms with Crippen LogP contribution >= 0.6 is 11.8 Å². The molecule has 0 spiro atoms. The Hall–Kier alpha value is -2.73. The molecule has 6 heteroatoms. The van der Waals surface area contributed by atoms with Crippen molar-refractivity contribution in [3.05, 3.63) is 53.6 Å². The lowest BCUT2D eigenvalue weighted by atomic mass is 10.0. The summed E-state index contributed by atoms with van der Waals surface area (Å²) in [5.74, 6) is -0.291. The van der Waals surface area contributed by atoms with E-state index in [-0.39, 0.29) is 17.3 Å². The summed E-state index contributed by atoms with van der Waals surface area (Å²) in [7, 11) is 0. The van der Waals surface area contributed by atoms with E-state index in [9.17, 15) is 4.79 Å². The largest absolute Gasteiger partial charge is 0.283 e. The molecule has 0 unspecified atom stereocenters. The van der Waals surface area contributed by atoms with Gasteiger partial charge in [-0.25, -0.2) is 0 Å². The number of hydrogen-bond donors (Lipinski definition) is 1. The molecule has 1 N–H and O–H groups in total. The molecule has 5 nitrogen and oxygen atoms in total. The Balaban J connectivity index is 1.72. The summed E-state index contributed by atoms with van der Waals surface area (Å²) >= 11 is 1.39. The number of aliphatic imine (C=N–C) groups is 1. The number of benzene rings is 2. The third kappa shape index (κ3) is 2.97. The third-order valence-electron chi connectivity index (χ3n) is 4.36. The maximum Gasteiger partial charge on any atom is 0.283 e. The highest BCUT2D eigenvalue weighted by molar-refractivity contribution is 8.26. The van der Waals surface area contributed by atoms with E-state index in [2.05, 4.69) is 17.0 Å². The molecule has 0 aromatic heterocycles. The molecular weight excluding hydrogens is 344 g/mol. The maximum absolute atomic E-state index is 12.5. The highest BCUT2D eigenvalue weighted by Crippen LogP contribution is 2.30. The van der Waals surface area contributed by atoms with Crippen molar-refractivity contribution < 1.29 is 4.79 Å². The van der Waals surface area contributed by atoms with E-state index in [0.717, 1.165) is 40.6 Å². The zero-order valence-electron chi connectivity index (χ0n) is 14.4. The van der Waals surface area contributed by atoms with Gasteiger partial charge in [0.1, 0.15) is 5.04 Å². The normalized spacial score (nSPS) is 18.3. The fraction of sp³-hybridized carbons (Fsp3) is 0.200. The van der Waals surface area contributed by atoms with Gasteiger partial charge in [-0.15, -0.1) is 0 Å². The third-order valence-corrected chi connectivity index (χ3v) is 5.33. The van der Waals surface area contributed by atoms with Crippen LogP contribution in [0.3, 0.4) is 0 Å². The van der Waals surface area contributed by atoms with Crippen LogP contribution in [0.4, 0.5) is 0 Å². The molecule has 2 aromatic rings. The molecule has 0 saturated carbocycles. The number of fused-ring (bicyclic) bond motifs is 2. The van der Waals surface area contributed by atoms with Crippen molar-refractivity contribution in [2.75, 3.05) is 0 Å². The van der Waals surface area contributed by atoms with E-state index >= 15 is 0 Å². The van der Waals surface area contributed by atoms with Gasteiger partial charge in [-0.2, -0.15) is 15.1 Å². The van der Waals surface area contributed by atoms with Crippen molar-refractivity contribution in [2.45, 2.75) is 26.2 Å². The highest BCUT2D eigenvalue weighted by Gasteiger charge is 2.35. The first-order valence-electron chi connectivity index (χ1n) is 8.64. The molecule has 2 heterocycles. The molecule has 0 aliphatic carbocycles. The molecule has 130 valence electrons. The van der Waals surface area contributed by atoms with Crippen LogP contribution in [0.1, 0.15) is 31.7 Å². The number of amides is 1. The Labute approximate surface area is 156 Å². The van der Waals surface area contributed by atoms with Crippen LogP contribution < -0.4 is 0 Å². The summed E-state index contributed by atoms with van der Waals surface area (Å²) in [6.45, 7) is 2.13. The van der Waals surface area contributed by atoms with Crippen molar-refractivity contribution in [1.29, 1.82) is 5.41 Å². The number of carbonyl (C=O) groups is 1. The first-order chi connectivity index (χ1) is 12.7. The number of thioether (sulfide) groups is 1. The second-order valence-corrected chi connectivity index (χ2v) is 7.23. The van der Waals surface area contributed by atoms with E-state index < -0.39 is 0 Å². The molecule has 0 atom stereocenters. The summed E-state index contributed by atoms with van der Waals surface area (Å²) < 4.78 is 0. The van der Waals surface area contributed by atoms with E-state index in [1.54, 1.807) is 6.08 Å². The van der Waals surface area contributed by atoms with Crippen molar-refractivity contribution in [2.24, 2.45) is 10.1 Å². The summed E-state index contributed by atoms with van der Waals surface area (Å²) in [6, 6.07) is 13.9. The van der Waals surface area contributed by atoms with Crippen molar-refractivity contribution in [1.82, 2.24) is 5.01 Å². The lowest BCUT2D eigenvalue weighted by Gasteiger charge is -2.20. The number of hydrogen-bond acceptors (Lipinski definition) is 4. The van der Waals surface area contributed by atoms with Gasteiger partial charge in [-0.05, 0) is 47.0 Å². The monoisotopic (exact) mass is 362 g/mol. The van der Waals surface area contributed by atoms with E-state index in [1.807, 2.05) is 42.5 Å².